The van der Waals surface area contributed by atoms with Crippen molar-refractivity contribution in [2.75, 3.05) is 0 Å². The molecule has 27 heavy (non-hydrogen) atoms. The van der Waals surface area contributed by atoms with Crippen LogP contribution in [-0.4, -0.2) is 11.0 Å². The minimum atomic E-state index is -0.337. The van der Waals surface area contributed by atoms with Crippen molar-refractivity contribution >= 4 is 5.91 Å². The molecule has 0 aliphatic rings. The monoisotopic (exact) mass is 364 g/mol. The third kappa shape index (κ3) is 4.44. The van der Waals surface area contributed by atoms with Gasteiger partial charge in [0, 0.05) is 17.7 Å². The number of benzene rings is 3. The summed E-state index contributed by atoms with van der Waals surface area (Å²) in [5.74, 6) is 0.498. The molecule has 0 saturated heterocycles. The molecule has 0 fully saturated rings. The molecular weight excluding hydrogens is 345 g/mol. The number of phenols is 1. The van der Waals surface area contributed by atoms with Crippen LogP contribution in [0.1, 0.15) is 27.0 Å². The summed E-state index contributed by atoms with van der Waals surface area (Å²) in [4.78, 5) is 12.4. The molecule has 2 N–H and O–H groups in total. The van der Waals surface area contributed by atoms with Gasteiger partial charge >= 0.3 is 0 Å². The van der Waals surface area contributed by atoms with E-state index in [1.165, 1.54) is 30.3 Å². The quantitative estimate of drug-likeness (QED) is 0.687. The molecule has 0 unspecified atom stereocenters. The summed E-state index contributed by atoms with van der Waals surface area (Å²) in [6.45, 7) is 5.90. The molecule has 0 spiro atoms. The van der Waals surface area contributed by atoms with Crippen LogP contribution >= 0.6 is 0 Å². The summed E-state index contributed by atoms with van der Waals surface area (Å²) < 4.78 is 18.8. The van der Waals surface area contributed by atoms with E-state index in [1.807, 2.05) is 6.07 Å². The lowest BCUT2D eigenvalue weighted by Gasteiger charge is -2.12. The molecule has 4 nitrogen and oxygen atoms in total. The molecule has 0 aliphatic heterocycles. The Labute approximate surface area is 157 Å². The first-order chi connectivity index (χ1) is 12.9. The lowest BCUT2D eigenvalue weighted by Crippen LogP contribution is -2.23. The van der Waals surface area contributed by atoms with Crippen LogP contribution in [0, 0.1) is 19.7 Å². The summed E-state index contributed by atoms with van der Waals surface area (Å²) in [5, 5.41) is 12.6. The molecule has 0 heterocycles. The SMILES string of the molecule is [CH2]c1ccc(CNC(=O)c2cccc(O)c2C)cc1Oc1ccc(F)cc1. The van der Waals surface area contributed by atoms with Gasteiger partial charge in [-0.25, -0.2) is 4.39 Å². The highest BCUT2D eigenvalue weighted by atomic mass is 19.1. The highest BCUT2D eigenvalue weighted by molar-refractivity contribution is 5.96. The number of ether oxygens (including phenoxy) is 1. The minimum Gasteiger partial charge on any atom is -0.508 e. The van der Waals surface area contributed by atoms with Gasteiger partial charge in [0.05, 0.1) is 0 Å². The zero-order valence-electron chi connectivity index (χ0n) is 14.8. The molecule has 137 valence electrons. The van der Waals surface area contributed by atoms with Crippen molar-refractivity contribution in [2.45, 2.75) is 13.5 Å². The first kappa shape index (κ1) is 18.5. The Morgan fingerprint density at radius 1 is 1.15 bits per heavy atom. The molecule has 1 amide bonds. The molecule has 3 rings (SSSR count). The van der Waals surface area contributed by atoms with Crippen LogP contribution in [-0.2, 0) is 6.54 Å². The van der Waals surface area contributed by atoms with Crippen LogP contribution in [0.15, 0.2) is 60.7 Å². The number of amides is 1. The Balaban J connectivity index is 1.71. The van der Waals surface area contributed by atoms with E-state index >= 15 is 0 Å². The summed E-state index contributed by atoms with van der Waals surface area (Å²) in [7, 11) is 0. The predicted molar refractivity (Wildman–Crippen MR) is 101 cm³/mol. The maximum absolute atomic E-state index is 13.0. The number of rotatable bonds is 5. The summed E-state index contributed by atoms with van der Waals surface area (Å²) in [5.41, 5.74) is 2.46. The van der Waals surface area contributed by atoms with E-state index in [0.29, 0.717) is 28.2 Å². The fraction of sp³-hybridized carbons (Fsp3) is 0.0909. The zero-order chi connectivity index (χ0) is 19.4. The Morgan fingerprint density at radius 3 is 2.63 bits per heavy atom. The van der Waals surface area contributed by atoms with Crippen molar-refractivity contribution in [3.05, 3.63) is 95.7 Å². The molecule has 0 aromatic heterocycles. The normalized spacial score (nSPS) is 10.5. The largest absolute Gasteiger partial charge is 0.508 e. The number of halogens is 1. The van der Waals surface area contributed by atoms with Gasteiger partial charge in [-0.1, -0.05) is 18.2 Å². The van der Waals surface area contributed by atoms with E-state index < -0.39 is 0 Å². The third-order valence-corrected chi connectivity index (χ3v) is 4.18. The Kier molecular flexibility index (Phi) is 5.41. The average Bonchev–Trinajstić information content (AvgIpc) is 2.66. The van der Waals surface area contributed by atoms with Crippen molar-refractivity contribution < 1.29 is 19.0 Å². The third-order valence-electron chi connectivity index (χ3n) is 4.18. The van der Waals surface area contributed by atoms with Crippen LogP contribution in [0.5, 0.6) is 17.2 Å². The number of aromatic hydroxyl groups is 1. The molecular formula is C22H19FNO3. The van der Waals surface area contributed by atoms with E-state index in [1.54, 1.807) is 31.2 Å². The zero-order valence-corrected chi connectivity index (χ0v) is 14.8. The van der Waals surface area contributed by atoms with E-state index in [0.717, 1.165) is 5.56 Å². The minimum absolute atomic E-state index is 0.0824. The van der Waals surface area contributed by atoms with Crippen molar-refractivity contribution in [3.63, 3.8) is 0 Å². The van der Waals surface area contributed by atoms with Gasteiger partial charge < -0.3 is 15.2 Å². The summed E-state index contributed by atoms with van der Waals surface area (Å²) in [6.07, 6.45) is 0. The fourth-order valence-corrected chi connectivity index (χ4v) is 2.58. The van der Waals surface area contributed by atoms with Gasteiger partial charge in [0.25, 0.3) is 5.91 Å². The van der Waals surface area contributed by atoms with Crippen molar-refractivity contribution in [1.82, 2.24) is 5.32 Å². The van der Waals surface area contributed by atoms with Gasteiger partial charge in [-0.3, -0.25) is 4.79 Å². The second-order valence-corrected chi connectivity index (χ2v) is 6.13. The molecule has 0 bridgehead atoms. The van der Waals surface area contributed by atoms with Crippen molar-refractivity contribution in [1.29, 1.82) is 0 Å². The number of hydrogen-bond donors (Lipinski definition) is 2. The predicted octanol–water partition coefficient (Wildman–Crippen LogP) is 4.74. The van der Waals surface area contributed by atoms with Crippen LogP contribution < -0.4 is 10.1 Å². The van der Waals surface area contributed by atoms with Gasteiger partial charge in [0.15, 0.2) is 0 Å². The molecule has 0 saturated carbocycles. The van der Waals surface area contributed by atoms with E-state index in [9.17, 15) is 14.3 Å². The molecule has 0 aliphatic carbocycles. The highest BCUT2D eigenvalue weighted by Crippen LogP contribution is 2.26. The van der Waals surface area contributed by atoms with Gasteiger partial charge in [0.2, 0.25) is 0 Å². The van der Waals surface area contributed by atoms with Gasteiger partial charge in [0.1, 0.15) is 23.1 Å². The number of carbonyl (C=O) groups excluding carboxylic acids is 1. The van der Waals surface area contributed by atoms with Crippen LogP contribution in [0.3, 0.4) is 0 Å². The van der Waals surface area contributed by atoms with Gasteiger partial charge in [-0.2, -0.15) is 0 Å². The first-order valence-corrected chi connectivity index (χ1v) is 8.39. The molecule has 3 aromatic rings. The topological polar surface area (TPSA) is 58.6 Å². The molecule has 1 radical (unpaired) electrons. The summed E-state index contributed by atoms with van der Waals surface area (Å²) in [6, 6.07) is 16.0. The van der Waals surface area contributed by atoms with Crippen molar-refractivity contribution in [2.24, 2.45) is 0 Å². The Bertz CT molecular complexity index is 968. The lowest BCUT2D eigenvalue weighted by molar-refractivity contribution is 0.0950. The highest BCUT2D eigenvalue weighted by Gasteiger charge is 2.11. The standard InChI is InChI=1S/C22H19FNO3/c1-14-6-7-16(12-21(14)27-18-10-8-17(23)9-11-18)13-24-22(26)19-4-3-5-20(25)15(19)2/h3-12,25H,1,13H2,2H3,(H,24,26). The number of nitrogens with one attached hydrogen (secondary N) is 1. The number of phenolic OH excluding ortho intramolecular Hbond substituents is 1. The second-order valence-electron chi connectivity index (χ2n) is 6.13. The second kappa shape index (κ2) is 7.91. The van der Waals surface area contributed by atoms with E-state index in [-0.39, 0.29) is 24.0 Å². The number of carbonyl (C=O) groups is 1. The van der Waals surface area contributed by atoms with E-state index in [4.69, 9.17) is 4.74 Å². The average molecular weight is 364 g/mol. The maximum atomic E-state index is 13.0. The molecule has 5 heteroatoms. The Hall–Kier alpha value is -3.34. The Morgan fingerprint density at radius 2 is 1.89 bits per heavy atom. The van der Waals surface area contributed by atoms with Gasteiger partial charge in [-0.05, 0) is 67.4 Å². The number of hydrogen-bond acceptors (Lipinski definition) is 3. The fourth-order valence-electron chi connectivity index (χ4n) is 2.58. The lowest BCUT2D eigenvalue weighted by atomic mass is 10.1. The smallest absolute Gasteiger partial charge is 0.251 e. The molecule has 3 aromatic carbocycles. The van der Waals surface area contributed by atoms with Gasteiger partial charge in [-0.15, -0.1) is 0 Å². The summed E-state index contributed by atoms with van der Waals surface area (Å²) >= 11 is 0. The first-order valence-electron chi connectivity index (χ1n) is 8.39. The van der Waals surface area contributed by atoms with Crippen LogP contribution in [0.2, 0.25) is 0 Å². The molecule has 0 atom stereocenters. The maximum Gasteiger partial charge on any atom is 0.251 e. The van der Waals surface area contributed by atoms with Crippen molar-refractivity contribution in [3.8, 4) is 17.2 Å². The van der Waals surface area contributed by atoms with Crippen LogP contribution in [0.4, 0.5) is 4.39 Å². The van der Waals surface area contributed by atoms with Crippen LogP contribution in [0.25, 0.3) is 0 Å². The van der Waals surface area contributed by atoms with E-state index in [2.05, 4.69) is 12.2 Å².